The summed E-state index contributed by atoms with van der Waals surface area (Å²) in [6, 6.07) is 0.556. The highest BCUT2D eigenvalue weighted by Gasteiger charge is 2.21. The quantitative estimate of drug-likeness (QED) is 0.417. The van der Waals surface area contributed by atoms with Gasteiger partial charge in [0.2, 0.25) is 0 Å². The van der Waals surface area contributed by atoms with Gasteiger partial charge in [-0.05, 0) is 33.3 Å². The monoisotopic (exact) mass is 460 g/mol. The van der Waals surface area contributed by atoms with Crippen LogP contribution in [0.25, 0.3) is 0 Å². The lowest BCUT2D eigenvalue weighted by Crippen LogP contribution is -2.48. The minimum absolute atomic E-state index is 0.240. The number of hydrogen-bond acceptors (Lipinski definition) is 9. The molecule has 0 spiro atoms. The topological polar surface area (TPSA) is 102 Å². The van der Waals surface area contributed by atoms with Crippen LogP contribution >= 0.6 is 0 Å². The molecule has 0 saturated carbocycles. The van der Waals surface area contributed by atoms with Gasteiger partial charge in [-0.15, -0.1) is 0 Å². The first kappa shape index (κ1) is 26.4. The number of rotatable bonds is 9. The highest BCUT2D eigenvalue weighted by molar-refractivity contribution is 6.30. The fourth-order valence-electron chi connectivity index (χ4n) is 3.63. The molecule has 2 rings (SSSR count). The molecule has 2 aliphatic heterocycles. The maximum Gasteiger partial charge on any atom is 0.409 e. The minimum Gasteiger partial charge on any atom is -0.450 e. The Bertz CT molecular complexity index is 744. The van der Waals surface area contributed by atoms with E-state index in [0.717, 1.165) is 57.2 Å². The Kier molecular flexibility index (Phi) is 11.4. The van der Waals surface area contributed by atoms with Gasteiger partial charge in [-0.1, -0.05) is 6.92 Å². The summed E-state index contributed by atoms with van der Waals surface area (Å²) >= 11 is 0. The molecule has 0 bridgehead atoms. The Morgan fingerprint density at radius 3 is 2.24 bits per heavy atom. The van der Waals surface area contributed by atoms with Crippen LogP contribution in [0.5, 0.6) is 0 Å². The number of nitrogens with zero attached hydrogens (tertiary/aromatic N) is 7. The molecule has 33 heavy (non-hydrogen) atoms. The van der Waals surface area contributed by atoms with E-state index >= 15 is 0 Å². The van der Waals surface area contributed by atoms with Gasteiger partial charge in [0.25, 0.3) is 0 Å². The van der Waals surface area contributed by atoms with Crippen molar-refractivity contribution in [2.24, 2.45) is 20.9 Å². The van der Waals surface area contributed by atoms with Crippen molar-refractivity contribution in [3.05, 3.63) is 24.3 Å². The SMILES string of the molecule is CCOC(=O)N1CCN(/C=C/C=N\N=CC(CC)=NC(=CN)N2CCN(C(C)C)CC2)CC1. The van der Waals surface area contributed by atoms with Crippen LogP contribution in [-0.2, 0) is 4.74 Å². The molecule has 2 N–H and O–H groups in total. The number of piperazine rings is 2. The third kappa shape index (κ3) is 8.88. The number of carbonyl (C=O) groups excluding carboxylic acids is 1. The van der Waals surface area contributed by atoms with Crippen LogP contribution in [-0.4, -0.2) is 109 Å². The standard InChI is InChI=1S/C23H40N8O2/c1-5-21(27-22(18-24)30-16-14-29(15-17-30)20(3)4)19-26-25-8-7-9-28-10-12-31(13-11-28)23(32)33-6-2/h7-9,18-20H,5-6,10-17,24H2,1-4H3/b9-7+,22-18?,25-8-,26-19?,27-21?. The van der Waals surface area contributed by atoms with Gasteiger partial charge in [-0.2, -0.15) is 10.2 Å². The lowest BCUT2D eigenvalue weighted by Gasteiger charge is -2.37. The molecule has 0 aromatic heterocycles. The second-order valence-electron chi connectivity index (χ2n) is 8.17. The number of hydrogen-bond donors (Lipinski definition) is 1. The highest BCUT2D eigenvalue weighted by Crippen LogP contribution is 2.12. The summed E-state index contributed by atoms with van der Waals surface area (Å²) in [5, 5.41) is 8.21. The maximum atomic E-state index is 11.7. The van der Waals surface area contributed by atoms with Crippen LogP contribution in [0.2, 0.25) is 0 Å². The summed E-state index contributed by atoms with van der Waals surface area (Å²) in [5.74, 6) is 0.785. The summed E-state index contributed by atoms with van der Waals surface area (Å²) in [5.41, 5.74) is 6.69. The predicted molar refractivity (Wildman–Crippen MR) is 135 cm³/mol. The zero-order valence-electron chi connectivity index (χ0n) is 20.6. The van der Waals surface area contributed by atoms with Crippen molar-refractivity contribution in [1.29, 1.82) is 0 Å². The van der Waals surface area contributed by atoms with E-state index in [-0.39, 0.29) is 6.09 Å². The number of amides is 1. The molecule has 0 radical (unpaired) electrons. The van der Waals surface area contributed by atoms with Gasteiger partial charge >= 0.3 is 6.09 Å². The van der Waals surface area contributed by atoms with E-state index in [1.807, 2.05) is 26.1 Å². The molecule has 2 fully saturated rings. The molecule has 10 nitrogen and oxygen atoms in total. The Balaban J connectivity index is 1.80. The van der Waals surface area contributed by atoms with Crippen molar-refractivity contribution in [3.8, 4) is 0 Å². The molecule has 2 saturated heterocycles. The van der Waals surface area contributed by atoms with E-state index in [4.69, 9.17) is 15.5 Å². The number of carbonyl (C=O) groups is 1. The smallest absolute Gasteiger partial charge is 0.409 e. The molecule has 0 aliphatic carbocycles. The highest BCUT2D eigenvalue weighted by atomic mass is 16.6. The van der Waals surface area contributed by atoms with Gasteiger partial charge in [0.05, 0.1) is 24.7 Å². The van der Waals surface area contributed by atoms with E-state index < -0.39 is 0 Å². The van der Waals surface area contributed by atoms with Crippen LogP contribution in [0.4, 0.5) is 4.79 Å². The van der Waals surface area contributed by atoms with Gasteiger partial charge in [-0.25, -0.2) is 9.79 Å². The lowest BCUT2D eigenvalue weighted by molar-refractivity contribution is 0.0891. The number of ether oxygens (including phenoxy) is 1. The second kappa shape index (κ2) is 14.3. The van der Waals surface area contributed by atoms with E-state index in [9.17, 15) is 4.79 Å². The lowest BCUT2D eigenvalue weighted by atomic mass is 10.2. The molecule has 10 heteroatoms. The van der Waals surface area contributed by atoms with Crippen molar-refractivity contribution in [1.82, 2.24) is 19.6 Å². The summed E-state index contributed by atoms with van der Waals surface area (Å²) in [6.45, 7) is 15.4. The molecule has 2 heterocycles. The summed E-state index contributed by atoms with van der Waals surface area (Å²) < 4.78 is 5.04. The molecule has 0 unspecified atom stereocenters. The third-order valence-electron chi connectivity index (χ3n) is 5.70. The zero-order chi connectivity index (χ0) is 24.1. The van der Waals surface area contributed by atoms with E-state index in [1.165, 1.54) is 0 Å². The van der Waals surface area contributed by atoms with Gasteiger partial charge in [0.15, 0.2) is 0 Å². The fraction of sp³-hybridized carbons (Fsp3) is 0.652. The summed E-state index contributed by atoms with van der Waals surface area (Å²) in [7, 11) is 0. The molecule has 0 aromatic rings. The Hall–Kier alpha value is -2.88. The average Bonchev–Trinajstić information content (AvgIpc) is 2.83. The predicted octanol–water partition coefficient (Wildman–Crippen LogP) is 1.97. The van der Waals surface area contributed by atoms with Crippen molar-refractivity contribution in [3.63, 3.8) is 0 Å². The van der Waals surface area contributed by atoms with Crippen LogP contribution in [0.15, 0.2) is 39.5 Å². The molecule has 0 aromatic carbocycles. The minimum atomic E-state index is -0.240. The molecule has 184 valence electrons. The third-order valence-corrected chi connectivity index (χ3v) is 5.70. The fourth-order valence-corrected chi connectivity index (χ4v) is 3.63. The van der Waals surface area contributed by atoms with Crippen LogP contribution in [0.1, 0.15) is 34.1 Å². The van der Waals surface area contributed by atoms with Crippen molar-refractivity contribution in [2.45, 2.75) is 40.2 Å². The van der Waals surface area contributed by atoms with Crippen LogP contribution in [0.3, 0.4) is 0 Å². The van der Waals surface area contributed by atoms with E-state index in [0.29, 0.717) is 25.7 Å². The maximum absolute atomic E-state index is 11.7. The first-order valence-corrected chi connectivity index (χ1v) is 11.9. The number of allylic oxidation sites excluding steroid dienone is 1. The van der Waals surface area contributed by atoms with Gasteiger partial charge in [0, 0.05) is 70.8 Å². The van der Waals surface area contributed by atoms with Crippen molar-refractivity contribution >= 4 is 24.2 Å². The number of nitrogens with two attached hydrogens (primary N) is 1. The Morgan fingerprint density at radius 1 is 1.00 bits per heavy atom. The van der Waals surface area contributed by atoms with E-state index in [2.05, 4.69) is 38.8 Å². The largest absolute Gasteiger partial charge is 0.450 e. The van der Waals surface area contributed by atoms with Crippen molar-refractivity contribution in [2.75, 3.05) is 59.0 Å². The normalized spacial score (nSPS) is 19.6. The molecular weight excluding hydrogens is 420 g/mol. The van der Waals surface area contributed by atoms with Crippen LogP contribution in [0, 0.1) is 0 Å². The van der Waals surface area contributed by atoms with Gasteiger partial charge < -0.3 is 25.2 Å². The number of aliphatic imine (C=N–C) groups is 1. The summed E-state index contributed by atoms with van der Waals surface area (Å²) in [6.07, 6.45) is 9.20. The molecule has 0 atom stereocenters. The molecule has 1 amide bonds. The van der Waals surface area contributed by atoms with Gasteiger partial charge in [0.1, 0.15) is 5.82 Å². The van der Waals surface area contributed by atoms with E-state index in [1.54, 1.807) is 23.5 Å². The zero-order valence-corrected chi connectivity index (χ0v) is 20.6. The molecular formula is C23H40N8O2. The average molecular weight is 461 g/mol. The van der Waals surface area contributed by atoms with Gasteiger partial charge in [-0.3, -0.25) is 4.90 Å². The first-order valence-electron chi connectivity index (χ1n) is 11.9. The first-order chi connectivity index (χ1) is 16.0. The van der Waals surface area contributed by atoms with Crippen LogP contribution < -0.4 is 5.73 Å². The van der Waals surface area contributed by atoms with Crippen molar-refractivity contribution < 1.29 is 9.53 Å². The molecule has 2 aliphatic rings. The Labute approximate surface area is 198 Å². The Morgan fingerprint density at radius 2 is 1.67 bits per heavy atom. The summed E-state index contributed by atoms with van der Waals surface area (Å²) in [4.78, 5) is 25.0. The second-order valence-corrected chi connectivity index (χ2v) is 8.17.